The van der Waals surface area contributed by atoms with Crippen LogP contribution in [0.25, 0.3) is 0 Å². The molecule has 304 valence electrons. The molecule has 0 aromatic heterocycles. The van der Waals surface area contributed by atoms with Gasteiger partial charge in [-0.25, -0.2) is 0 Å². The monoisotopic (exact) mass is 732 g/mol. The van der Waals surface area contributed by atoms with Crippen LogP contribution in [0, 0.1) is 11.8 Å². The van der Waals surface area contributed by atoms with Gasteiger partial charge in [-0.3, -0.25) is 9.59 Å². The normalized spacial score (nSPS) is 16.2. The maximum atomic E-state index is 12.7. The molecule has 1 rings (SSSR count). The predicted octanol–water partition coefficient (Wildman–Crippen LogP) is 12.4. The summed E-state index contributed by atoms with van der Waals surface area (Å²) < 4.78 is 11.4. The lowest BCUT2D eigenvalue weighted by Gasteiger charge is -2.29. The Morgan fingerprint density at radius 1 is 0.596 bits per heavy atom. The van der Waals surface area contributed by atoms with Crippen molar-refractivity contribution in [2.75, 3.05) is 19.7 Å². The van der Waals surface area contributed by atoms with Gasteiger partial charge in [0.25, 0.3) is 0 Å². The number of rotatable bonds is 36. The van der Waals surface area contributed by atoms with E-state index < -0.39 is 0 Å². The molecule has 0 aliphatic heterocycles. The zero-order chi connectivity index (χ0) is 37.7. The van der Waals surface area contributed by atoms with Crippen LogP contribution in [0.15, 0.2) is 0 Å². The maximum Gasteiger partial charge on any atom is 0.306 e. The molecule has 1 fully saturated rings. The van der Waals surface area contributed by atoms with Gasteiger partial charge in [-0.05, 0) is 96.6 Å². The molecule has 0 heterocycles. The number of carbonyl (C=O) groups excluding carboxylic acids is 2. The molecule has 0 spiro atoms. The van der Waals surface area contributed by atoms with Crippen LogP contribution in [0.3, 0.4) is 0 Å². The van der Waals surface area contributed by atoms with Crippen LogP contribution in [0.4, 0.5) is 0 Å². The zero-order valence-electron chi connectivity index (χ0n) is 34.7. The smallest absolute Gasteiger partial charge is 0.306 e. The fraction of sp³-hybridized carbons (Fsp3) is 0.913. The minimum atomic E-state index is -0.141. The highest BCUT2D eigenvalue weighted by Crippen LogP contribution is 2.25. The second-order valence-electron chi connectivity index (χ2n) is 15.8. The standard InChI is InChI=1S/C46H85NO5/c1-4-7-10-13-15-16-24-31-40-51-45(49)34-27-20-17-22-29-38-47(42-36-37-43(48)41-42)39-30-23-18-21-28-35-46(50)52-44(32-25-12-9-6-3)33-26-19-14-11-8-5-2/h42-44,48H,4-14,17-41H2,1-3H3. The van der Waals surface area contributed by atoms with E-state index in [1.807, 2.05) is 0 Å². The van der Waals surface area contributed by atoms with Gasteiger partial charge in [0.15, 0.2) is 0 Å². The number of hydrogen-bond donors (Lipinski definition) is 1. The summed E-state index contributed by atoms with van der Waals surface area (Å²) in [5.74, 6) is 6.35. The van der Waals surface area contributed by atoms with Crippen LogP contribution >= 0.6 is 0 Å². The van der Waals surface area contributed by atoms with E-state index in [9.17, 15) is 14.7 Å². The summed E-state index contributed by atoms with van der Waals surface area (Å²) in [6.07, 6.45) is 36.1. The summed E-state index contributed by atoms with van der Waals surface area (Å²) in [4.78, 5) is 27.4. The third kappa shape index (κ3) is 29.8. The van der Waals surface area contributed by atoms with E-state index in [0.717, 1.165) is 96.6 Å². The lowest BCUT2D eigenvalue weighted by Crippen LogP contribution is -2.35. The molecule has 3 unspecified atom stereocenters. The Hall–Kier alpha value is -1.58. The van der Waals surface area contributed by atoms with Crippen molar-refractivity contribution in [1.82, 2.24) is 4.90 Å². The number of ether oxygens (including phenoxy) is 2. The molecule has 1 N–H and O–H groups in total. The van der Waals surface area contributed by atoms with Crippen molar-refractivity contribution in [3.63, 3.8) is 0 Å². The Kier molecular flexibility index (Phi) is 33.9. The van der Waals surface area contributed by atoms with Crippen molar-refractivity contribution in [2.45, 2.75) is 251 Å². The lowest BCUT2D eigenvalue weighted by atomic mass is 10.0. The van der Waals surface area contributed by atoms with Gasteiger partial charge in [-0.2, -0.15) is 0 Å². The summed E-state index contributed by atoms with van der Waals surface area (Å²) in [6.45, 7) is 9.40. The van der Waals surface area contributed by atoms with Crippen molar-refractivity contribution in [2.24, 2.45) is 0 Å². The summed E-state index contributed by atoms with van der Waals surface area (Å²) in [5.41, 5.74) is 0. The number of carbonyl (C=O) groups is 2. The average molecular weight is 732 g/mol. The van der Waals surface area contributed by atoms with Crippen molar-refractivity contribution >= 4 is 11.9 Å². The van der Waals surface area contributed by atoms with Crippen LogP contribution in [0.5, 0.6) is 0 Å². The van der Waals surface area contributed by atoms with Gasteiger partial charge in [0.1, 0.15) is 6.10 Å². The Morgan fingerprint density at radius 2 is 1.08 bits per heavy atom. The number of aliphatic hydroxyl groups is 1. The highest BCUT2D eigenvalue weighted by Gasteiger charge is 2.27. The first-order chi connectivity index (χ1) is 25.5. The van der Waals surface area contributed by atoms with E-state index in [4.69, 9.17) is 9.47 Å². The second kappa shape index (κ2) is 36.4. The van der Waals surface area contributed by atoms with Gasteiger partial charge >= 0.3 is 11.9 Å². The number of aliphatic hydroxyl groups excluding tert-OH is 1. The van der Waals surface area contributed by atoms with Gasteiger partial charge in [0.05, 0.1) is 12.7 Å². The summed E-state index contributed by atoms with van der Waals surface area (Å²) >= 11 is 0. The van der Waals surface area contributed by atoms with Crippen LogP contribution in [0.1, 0.15) is 233 Å². The minimum Gasteiger partial charge on any atom is -0.466 e. The largest absolute Gasteiger partial charge is 0.466 e. The van der Waals surface area contributed by atoms with Crippen LogP contribution in [-0.2, 0) is 19.1 Å². The highest BCUT2D eigenvalue weighted by molar-refractivity contribution is 5.69. The fourth-order valence-corrected chi connectivity index (χ4v) is 7.49. The first-order valence-electron chi connectivity index (χ1n) is 22.7. The number of esters is 2. The van der Waals surface area contributed by atoms with Crippen LogP contribution in [0.2, 0.25) is 0 Å². The van der Waals surface area contributed by atoms with Gasteiger partial charge in [0, 0.05) is 31.7 Å². The number of unbranched alkanes of at least 4 members (excludes halogenated alkanes) is 20. The van der Waals surface area contributed by atoms with Crippen molar-refractivity contribution in [3.8, 4) is 11.8 Å². The Bertz CT molecular complexity index is 882. The van der Waals surface area contributed by atoms with Gasteiger partial charge in [-0.1, -0.05) is 124 Å². The van der Waals surface area contributed by atoms with Gasteiger partial charge in [-0.15, -0.1) is 11.8 Å². The molecule has 0 aromatic rings. The zero-order valence-corrected chi connectivity index (χ0v) is 34.7. The van der Waals surface area contributed by atoms with Crippen LogP contribution in [-0.4, -0.2) is 59.9 Å². The van der Waals surface area contributed by atoms with Crippen molar-refractivity contribution in [1.29, 1.82) is 0 Å². The van der Waals surface area contributed by atoms with E-state index in [-0.39, 0.29) is 24.1 Å². The summed E-state index contributed by atoms with van der Waals surface area (Å²) in [6, 6.07) is 0.512. The molecule has 0 aromatic carbocycles. The van der Waals surface area contributed by atoms with Crippen molar-refractivity contribution in [3.05, 3.63) is 0 Å². The minimum absolute atomic E-state index is 0.0159. The van der Waals surface area contributed by atoms with E-state index in [1.165, 1.54) is 116 Å². The first kappa shape index (κ1) is 48.4. The molecule has 1 saturated carbocycles. The maximum absolute atomic E-state index is 12.7. The van der Waals surface area contributed by atoms with Gasteiger partial charge in [0.2, 0.25) is 0 Å². The van der Waals surface area contributed by atoms with E-state index in [2.05, 4.69) is 37.5 Å². The van der Waals surface area contributed by atoms with Crippen LogP contribution < -0.4 is 0 Å². The first-order valence-corrected chi connectivity index (χ1v) is 22.7. The third-order valence-electron chi connectivity index (χ3n) is 10.8. The van der Waals surface area contributed by atoms with Gasteiger partial charge < -0.3 is 19.5 Å². The van der Waals surface area contributed by atoms with Crippen molar-refractivity contribution < 1.29 is 24.2 Å². The molecule has 52 heavy (non-hydrogen) atoms. The fourth-order valence-electron chi connectivity index (χ4n) is 7.49. The number of hydrogen-bond acceptors (Lipinski definition) is 6. The molecule has 0 amide bonds. The van der Waals surface area contributed by atoms with E-state index >= 15 is 0 Å². The molecule has 3 atom stereocenters. The lowest BCUT2D eigenvalue weighted by molar-refractivity contribution is -0.150. The molecular weight excluding hydrogens is 647 g/mol. The topological polar surface area (TPSA) is 76.1 Å². The quantitative estimate of drug-likeness (QED) is 0.0393. The Labute approximate surface area is 322 Å². The molecule has 0 saturated heterocycles. The molecule has 0 radical (unpaired) electrons. The molecule has 6 nitrogen and oxygen atoms in total. The molecule has 6 heteroatoms. The SMILES string of the molecule is CCCCCC#CCCCOC(=O)CCCCCCCN(CCCCCCCC(=O)OC(CCCCCC)CCCCCCCC)C1CCC(O)C1. The molecule has 1 aliphatic rings. The highest BCUT2D eigenvalue weighted by atomic mass is 16.5. The molecular formula is C46H85NO5. The molecule has 1 aliphatic carbocycles. The van der Waals surface area contributed by atoms with E-state index in [1.54, 1.807) is 0 Å². The van der Waals surface area contributed by atoms with E-state index in [0.29, 0.717) is 25.5 Å². The summed E-state index contributed by atoms with van der Waals surface area (Å²) in [7, 11) is 0. The molecule has 0 bridgehead atoms. The predicted molar refractivity (Wildman–Crippen MR) is 219 cm³/mol. The third-order valence-corrected chi connectivity index (χ3v) is 10.8. The summed E-state index contributed by atoms with van der Waals surface area (Å²) in [5, 5.41) is 10.2. The second-order valence-corrected chi connectivity index (χ2v) is 15.8. The average Bonchev–Trinajstić information content (AvgIpc) is 3.57. The Balaban J connectivity index is 2.18. The Morgan fingerprint density at radius 3 is 1.65 bits per heavy atom. The number of nitrogens with zero attached hydrogens (tertiary/aromatic N) is 1.